The molecule has 0 saturated heterocycles. The van der Waals surface area contributed by atoms with Gasteiger partial charge in [0.25, 0.3) is 5.91 Å². The van der Waals surface area contributed by atoms with Crippen molar-refractivity contribution in [2.45, 2.75) is 6.61 Å². The third-order valence-corrected chi connectivity index (χ3v) is 4.52. The Kier molecular flexibility index (Phi) is 5.88. The molecule has 0 atom stereocenters. The van der Waals surface area contributed by atoms with Crippen molar-refractivity contribution in [1.82, 2.24) is 4.98 Å². The molecule has 0 radical (unpaired) electrons. The lowest BCUT2D eigenvalue weighted by Crippen LogP contribution is -2.15. The number of carbonyl (C=O) groups excluding carboxylic acids is 1. The second kappa shape index (κ2) is 8.32. The summed E-state index contributed by atoms with van der Waals surface area (Å²) in [5, 5.41) is 5.27. The topological polar surface area (TPSA) is 60.5 Å². The van der Waals surface area contributed by atoms with Gasteiger partial charge in [0.1, 0.15) is 0 Å². The van der Waals surface area contributed by atoms with E-state index in [1.165, 1.54) is 36.6 Å². The van der Waals surface area contributed by atoms with E-state index in [1.807, 2.05) is 0 Å². The Morgan fingerprint density at radius 1 is 1.22 bits per heavy atom. The van der Waals surface area contributed by atoms with Gasteiger partial charge in [-0.25, -0.2) is 4.98 Å². The first-order valence-electron chi connectivity index (χ1n) is 7.62. The molecular weight excluding hydrogens is 398 g/mol. The Hall–Kier alpha value is -2.71. The number of ether oxygens (including phenoxy) is 2. The molecular formula is C18H13ClF2N2O3S. The van der Waals surface area contributed by atoms with Crippen molar-refractivity contribution in [1.29, 1.82) is 0 Å². The van der Waals surface area contributed by atoms with E-state index in [9.17, 15) is 13.6 Å². The molecule has 1 amide bonds. The van der Waals surface area contributed by atoms with Crippen molar-refractivity contribution >= 4 is 34.0 Å². The number of rotatable bonds is 6. The van der Waals surface area contributed by atoms with Gasteiger partial charge in [0.15, 0.2) is 16.6 Å². The van der Waals surface area contributed by atoms with Crippen molar-refractivity contribution in [2.75, 3.05) is 12.4 Å². The summed E-state index contributed by atoms with van der Waals surface area (Å²) < 4.78 is 34.9. The molecule has 0 aliphatic carbocycles. The van der Waals surface area contributed by atoms with Crippen molar-refractivity contribution < 1.29 is 23.0 Å². The highest BCUT2D eigenvalue weighted by atomic mass is 35.5. The number of nitrogens with zero attached hydrogens (tertiary/aromatic N) is 1. The number of hydrogen-bond acceptors (Lipinski definition) is 5. The second-order valence-corrected chi connectivity index (χ2v) is 6.51. The lowest BCUT2D eigenvalue weighted by atomic mass is 10.1. The van der Waals surface area contributed by atoms with Gasteiger partial charge >= 0.3 is 6.61 Å². The summed E-state index contributed by atoms with van der Waals surface area (Å²) in [6.45, 7) is -3.09. The zero-order valence-corrected chi connectivity index (χ0v) is 15.5. The lowest BCUT2D eigenvalue weighted by molar-refractivity contribution is -0.0515. The number of nitrogens with one attached hydrogen (secondary N) is 1. The number of halogens is 3. The third kappa shape index (κ3) is 4.53. The summed E-state index contributed by atoms with van der Waals surface area (Å²) in [7, 11) is 1.30. The van der Waals surface area contributed by atoms with E-state index in [1.54, 1.807) is 29.6 Å². The summed E-state index contributed by atoms with van der Waals surface area (Å²) in [6, 6.07) is 11.4. The van der Waals surface area contributed by atoms with E-state index in [-0.39, 0.29) is 17.1 Å². The molecule has 9 heteroatoms. The maximum Gasteiger partial charge on any atom is 0.387 e. The molecule has 0 bridgehead atoms. The number of benzene rings is 2. The van der Waals surface area contributed by atoms with Crippen LogP contribution in [0.3, 0.4) is 0 Å². The van der Waals surface area contributed by atoms with E-state index < -0.39 is 12.5 Å². The third-order valence-electron chi connectivity index (χ3n) is 3.52. The van der Waals surface area contributed by atoms with Crippen LogP contribution in [0.15, 0.2) is 47.8 Å². The molecule has 1 heterocycles. The largest absolute Gasteiger partial charge is 0.493 e. The van der Waals surface area contributed by atoms with E-state index in [0.29, 0.717) is 15.8 Å². The van der Waals surface area contributed by atoms with E-state index >= 15 is 0 Å². The van der Waals surface area contributed by atoms with Crippen LogP contribution >= 0.6 is 22.9 Å². The molecule has 140 valence electrons. The van der Waals surface area contributed by atoms with Crippen LogP contribution in [0.4, 0.5) is 13.9 Å². The summed E-state index contributed by atoms with van der Waals surface area (Å²) >= 11 is 7.07. The van der Waals surface area contributed by atoms with Gasteiger partial charge in [-0.15, -0.1) is 11.3 Å². The first-order chi connectivity index (χ1) is 13.0. The number of amides is 1. The van der Waals surface area contributed by atoms with Crippen LogP contribution < -0.4 is 14.8 Å². The average Bonchev–Trinajstić information content (AvgIpc) is 3.10. The molecule has 1 aromatic heterocycles. The summed E-state index contributed by atoms with van der Waals surface area (Å²) in [5.41, 5.74) is 1.40. The van der Waals surface area contributed by atoms with Crippen LogP contribution in [0.2, 0.25) is 5.02 Å². The monoisotopic (exact) mass is 410 g/mol. The minimum atomic E-state index is -3.09. The highest BCUT2D eigenvalue weighted by Crippen LogP contribution is 2.33. The normalized spacial score (nSPS) is 10.7. The molecule has 0 fully saturated rings. The molecule has 2 aromatic carbocycles. The second-order valence-electron chi connectivity index (χ2n) is 5.21. The van der Waals surface area contributed by atoms with Gasteiger partial charge in [-0.1, -0.05) is 29.8 Å². The summed E-state index contributed by atoms with van der Waals surface area (Å²) in [4.78, 5) is 16.9. The number of methoxy groups -OCH3 is 1. The molecule has 3 aromatic rings. The van der Waals surface area contributed by atoms with Crippen LogP contribution in [-0.2, 0) is 0 Å². The van der Waals surface area contributed by atoms with Crippen LogP contribution in [-0.4, -0.2) is 24.6 Å². The molecule has 0 spiro atoms. The lowest BCUT2D eigenvalue weighted by Gasteiger charge is -2.13. The van der Waals surface area contributed by atoms with E-state index in [2.05, 4.69) is 15.0 Å². The van der Waals surface area contributed by atoms with E-state index in [4.69, 9.17) is 16.3 Å². The average molecular weight is 411 g/mol. The Morgan fingerprint density at radius 2 is 1.96 bits per heavy atom. The predicted octanol–water partition coefficient (Wildman–Crippen LogP) is 5.33. The van der Waals surface area contributed by atoms with Gasteiger partial charge in [0.2, 0.25) is 0 Å². The smallest absolute Gasteiger partial charge is 0.387 e. The van der Waals surface area contributed by atoms with Crippen molar-refractivity contribution in [3.8, 4) is 22.8 Å². The maximum absolute atomic E-state index is 12.7. The van der Waals surface area contributed by atoms with Crippen molar-refractivity contribution in [2.24, 2.45) is 0 Å². The molecule has 1 N–H and O–H groups in total. The molecule has 5 nitrogen and oxygen atoms in total. The minimum Gasteiger partial charge on any atom is -0.493 e. The SMILES string of the molecule is COc1cccc(C(=O)Nc2nc(-c3ccc(Cl)cc3)cs2)c1OC(F)F. The molecule has 0 aliphatic heterocycles. The van der Waals surface area contributed by atoms with Gasteiger partial charge in [-0.3, -0.25) is 10.1 Å². The fraction of sp³-hybridized carbons (Fsp3) is 0.111. The van der Waals surface area contributed by atoms with Gasteiger partial charge < -0.3 is 9.47 Å². The van der Waals surface area contributed by atoms with Crippen LogP contribution in [0.25, 0.3) is 11.3 Å². The zero-order chi connectivity index (χ0) is 19.4. The maximum atomic E-state index is 12.7. The van der Waals surface area contributed by atoms with Crippen molar-refractivity contribution in [3.63, 3.8) is 0 Å². The summed E-state index contributed by atoms with van der Waals surface area (Å²) in [6.07, 6.45) is 0. The minimum absolute atomic E-state index is 0.0314. The van der Waals surface area contributed by atoms with Crippen LogP contribution in [0, 0.1) is 0 Å². The molecule has 0 unspecified atom stereocenters. The molecule has 0 aliphatic rings. The standard InChI is InChI=1S/C18H13ClF2N2O3S/c1-25-14-4-2-3-12(15(14)26-17(20)21)16(24)23-18-22-13(9-27-18)10-5-7-11(19)8-6-10/h2-9,17H,1H3,(H,22,23,24). The number of hydrogen-bond donors (Lipinski definition) is 1. The quantitative estimate of drug-likeness (QED) is 0.597. The Balaban J connectivity index is 1.83. The number of aromatic nitrogens is 1. The van der Waals surface area contributed by atoms with Crippen molar-refractivity contribution in [3.05, 3.63) is 58.4 Å². The molecule has 27 heavy (non-hydrogen) atoms. The fourth-order valence-corrected chi connectivity index (χ4v) is 3.16. The van der Waals surface area contributed by atoms with Gasteiger partial charge in [-0.05, 0) is 24.3 Å². The molecule has 3 rings (SSSR count). The van der Waals surface area contributed by atoms with Crippen LogP contribution in [0.5, 0.6) is 11.5 Å². The number of alkyl halides is 2. The highest BCUT2D eigenvalue weighted by molar-refractivity contribution is 7.14. The van der Waals surface area contributed by atoms with Gasteiger partial charge in [-0.2, -0.15) is 8.78 Å². The first-order valence-corrected chi connectivity index (χ1v) is 8.88. The van der Waals surface area contributed by atoms with Crippen LogP contribution in [0.1, 0.15) is 10.4 Å². The Labute approximate surface area is 162 Å². The van der Waals surface area contributed by atoms with Gasteiger partial charge in [0, 0.05) is 16.0 Å². The van der Waals surface area contributed by atoms with E-state index in [0.717, 1.165) is 5.56 Å². The number of para-hydroxylation sites is 1. The number of thiazole rings is 1. The predicted molar refractivity (Wildman–Crippen MR) is 100 cm³/mol. The Bertz CT molecular complexity index is 948. The number of carbonyl (C=O) groups is 1. The highest BCUT2D eigenvalue weighted by Gasteiger charge is 2.21. The summed E-state index contributed by atoms with van der Waals surface area (Å²) in [5.74, 6) is -0.938. The zero-order valence-electron chi connectivity index (χ0n) is 13.9. The number of anilines is 1. The van der Waals surface area contributed by atoms with Gasteiger partial charge in [0.05, 0.1) is 18.4 Å². The Morgan fingerprint density at radius 3 is 2.63 bits per heavy atom. The first kappa shape index (κ1) is 19.1. The fourth-order valence-electron chi connectivity index (χ4n) is 2.31. The molecule has 0 saturated carbocycles.